The monoisotopic (exact) mass is 312 g/mol. The topological polar surface area (TPSA) is 17.3 Å². The molecular weight excluding hydrogens is 308 g/mol. The zero-order valence-electron chi connectivity index (χ0n) is 8.02. The Balaban J connectivity index is 2.29. The first kappa shape index (κ1) is 10.3. The largest absolute Gasteiger partial charge is 0.298 e. The summed E-state index contributed by atoms with van der Waals surface area (Å²) in [5, 5.41) is 0.671. The highest BCUT2D eigenvalue weighted by Crippen LogP contribution is 2.32. The van der Waals surface area contributed by atoms with Gasteiger partial charge in [0, 0.05) is 6.20 Å². The predicted octanol–water partition coefficient (Wildman–Crippen LogP) is 4.48. The molecule has 0 radical (unpaired) electrons. The molecule has 0 N–H and O–H groups in total. The van der Waals surface area contributed by atoms with Crippen molar-refractivity contribution in [2.45, 2.75) is 0 Å². The minimum atomic E-state index is 0.671. The van der Waals surface area contributed by atoms with E-state index >= 15 is 0 Å². The van der Waals surface area contributed by atoms with Crippen LogP contribution in [0.4, 0.5) is 0 Å². The molecule has 80 valence electrons. The molecule has 3 aromatic rings. The van der Waals surface area contributed by atoms with Crippen molar-refractivity contribution in [2.75, 3.05) is 0 Å². The van der Waals surface area contributed by atoms with Gasteiger partial charge in [0.2, 0.25) is 0 Å². The van der Waals surface area contributed by atoms with Crippen molar-refractivity contribution >= 4 is 44.5 Å². The molecule has 0 saturated carbocycles. The van der Waals surface area contributed by atoms with Crippen LogP contribution in [0.2, 0.25) is 5.02 Å². The van der Waals surface area contributed by atoms with Crippen molar-refractivity contribution in [1.82, 2.24) is 9.38 Å². The molecule has 0 aliphatic heterocycles. The van der Waals surface area contributed by atoms with Gasteiger partial charge in [0.15, 0.2) is 5.65 Å². The van der Waals surface area contributed by atoms with Crippen molar-refractivity contribution in [1.29, 1.82) is 0 Å². The summed E-state index contributed by atoms with van der Waals surface area (Å²) in [5.74, 6) is 0. The second kappa shape index (κ2) is 3.87. The van der Waals surface area contributed by atoms with Gasteiger partial charge in [-0.1, -0.05) is 11.6 Å². The van der Waals surface area contributed by atoms with Crippen LogP contribution in [0.15, 0.2) is 40.4 Å². The molecule has 0 fully saturated rings. The minimum absolute atomic E-state index is 0.671. The lowest BCUT2D eigenvalue weighted by Crippen LogP contribution is -1.85. The minimum Gasteiger partial charge on any atom is -0.298 e. The number of rotatable bonds is 1. The zero-order chi connectivity index (χ0) is 11.1. The average Bonchev–Trinajstić information content (AvgIpc) is 2.84. The Kier molecular flexibility index (Phi) is 2.50. The number of nitrogens with zero attached hydrogens (tertiary/aromatic N) is 2. The van der Waals surface area contributed by atoms with Crippen LogP contribution in [0.25, 0.3) is 16.2 Å². The van der Waals surface area contributed by atoms with E-state index in [4.69, 9.17) is 11.6 Å². The van der Waals surface area contributed by atoms with Crippen LogP contribution in [-0.4, -0.2) is 9.38 Å². The summed E-state index contributed by atoms with van der Waals surface area (Å²) in [7, 11) is 0. The Morgan fingerprint density at radius 3 is 2.94 bits per heavy atom. The van der Waals surface area contributed by atoms with Crippen LogP contribution in [0.1, 0.15) is 0 Å². The Labute approximate surface area is 110 Å². The summed E-state index contributed by atoms with van der Waals surface area (Å²) in [4.78, 5) is 5.49. The van der Waals surface area contributed by atoms with Crippen LogP contribution in [0.3, 0.4) is 0 Å². The fourth-order valence-electron chi connectivity index (χ4n) is 1.61. The standard InChI is InChI=1S/C11H6BrClN2S/c12-10-4-3-9(16-10)8-6-14-11-7(13)2-1-5-15(8)11/h1-6H. The maximum Gasteiger partial charge on any atom is 0.156 e. The molecule has 0 spiro atoms. The SMILES string of the molecule is Clc1cccn2c(-c3ccc(Br)s3)cnc12. The molecular formula is C11H6BrClN2S. The summed E-state index contributed by atoms with van der Waals surface area (Å²) >= 11 is 11.2. The molecule has 3 heterocycles. The molecule has 5 heteroatoms. The highest BCUT2D eigenvalue weighted by atomic mass is 79.9. The van der Waals surface area contributed by atoms with Gasteiger partial charge in [0.05, 0.1) is 25.6 Å². The highest BCUT2D eigenvalue weighted by Gasteiger charge is 2.09. The van der Waals surface area contributed by atoms with Gasteiger partial charge >= 0.3 is 0 Å². The molecule has 0 bridgehead atoms. The van der Waals surface area contributed by atoms with Crippen molar-refractivity contribution in [3.8, 4) is 10.6 Å². The maximum absolute atomic E-state index is 6.07. The summed E-state index contributed by atoms with van der Waals surface area (Å²) in [5.41, 5.74) is 1.86. The summed E-state index contributed by atoms with van der Waals surface area (Å²) < 4.78 is 3.11. The van der Waals surface area contributed by atoms with Crippen molar-refractivity contribution in [3.05, 3.63) is 45.5 Å². The van der Waals surface area contributed by atoms with Gasteiger partial charge in [-0.3, -0.25) is 4.40 Å². The Morgan fingerprint density at radius 1 is 1.31 bits per heavy atom. The molecule has 0 aliphatic carbocycles. The Morgan fingerprint density at radius 2 is 2.19 bits per heavy atom. The lowest BCUT2D eigenvalue weighted by molar-refractivity contribution is 1.20. The first-order valence-corrected chi connectivity index (χ1v) is 6.62. The first-order chi connectivity index (χ1) is 7.75. The molecule has 0 aromatic carbocycles. The van der Waals surface area contributed by atoms with Gasteiger partial charge in [-0.25, -0.2) is 4.98 Å². The average molecular weight is 314 g/mol. The van der Waals surface area contributed by atoms with E-state index in [1.54, 1.807) is 11.3 Å². The predicted molar refractivity (Wildman–Crippen MR) is 71.2 cm³/mol. The lowest BCUT2D eigenvalue weighted by atomic mass is 10.3. The van der Waals surface area contributed by atoms with Crippen molar-refractivity contribution < 1.29 is 0 Å². The molecule has 0 aliphatic rings. The lowest BCUT2D eigenvalue weighted by Gasteiger charge is -1.99. The summed E-state index contributed by atoms with van der Waals surface area (Å²) in [6.07, 6.45) is 3.82. The van der Waals surface area contributed by atoms with Gasteiger partial charge in [0.25, 0.3) is 0 Å². The molecule has 3 aromatic heterocycles. The Bertz CT molecular complexity index is 659. The van der Waals surface area contributed by atoms with E-state index in [1.165, 1.54) is 4.88 Å². The van der Waals surface area contributed by atoms with Crippen molar-refractivity contribution in [3.63, 3.8) is 0 Å². The molecule has 0 atom stereocenters. The maximum atomic E-state index is 6.07. The number of aromatic nitrogens is 2. The number of thiophene rings is 1. The van der Waals surface area contributed by atoms with Gasteiger partial charge in [-0.05, 0) is 40.2 Å². The van der Waals surface area contributed by atoms with E-state index < -0.39 is 0 Å². The molecule has 0 amide bonds. The number of hydrogen-bond acceptors (Lipinski definition) is 2. The second-order valence-electron chi connectivity index (χ2n) is 3.30. The fourth-order valence-corrected chi connectivity index (χ4v) is 3.22. The van der Waals surface area contributed by atoms with Gasteiger partial charge in [-0.15, -0.1) is 11.3 Å². The molecule has 3 rings (SSSR count). The smallest absolute Gasteiger partial charge is 0.156 e. The van der Waals surface area contributed by atoms with E-state index in [0.29, 0.717) is 5.02 Å². The summed E-state index contributed by atoms with van der Waals surface area (Å²) in [6.45, 7) is 0. The summed E-state index contributed by atoms with van der Waals surface area (Å²) in [6, 6.07) is 7.87. The van der Waals surface area contributed by atoms with Crippen molar-refractivity contribution in [2.24, 2.45) is 0 Å². The molecule has 16 heavy (non-hydrogen) atoms. The van der Waals surface area contributed by atoms with E-state index in [2.05, 4.69) is 27.0 Å². The van der Waals surface area contributed by atoms with E-state index in [1.807, 2.05) is 35.0 Å². The number of halogens is 2. The van der Waals surface area contributed by atoms with Crippen LogP contribution in [-0.2, 0) is 0 Å². The second-order valence-corrected chi connectivity index (χ2v) is 6.17. The highest BCUT2D eigenvalue weighted by molar-refractivity contribution is 9.11. The van der Waals surface area contributed by atoms with Crippen LogP contribution in [0.5, 0.6) is 0 Å². The third kappa shape index (κ3) is 1.57. The number of fused-ring (bicyclic) bond motifs is 1. The van der Waals surface area contributed by atoms with E-state index in [0.717, 1.165) is 15.1 Å². The van der Waals surface area contributed by atoms with E-state index in [9.17, 15) is 0 Å². The first-order valence-electron chi connectivity index (χ1n) is 4.63. The molecule has 2 nitrogen and oxygen atoms in total. The van der Waals surface area contributed by atoms with Crippen LogP contribution >= 0.6 is 38.9 Å². The molecule has 0 saturated heterocycles. The van der Waals surface area contributed by atoms with Gasteiger partial charge < -0.3 is 0 Å². The van der Waals surface area contributed by atoms with Crippen LogP contribution in [0, 0.1) is 0 Å². The molecule has 0 unspecified atom stereocenters. The third-order valence-electron chi connectivity index (χ3n) is 2.31. The number of pyridine rings is 1. The fraction of sp³-hybridized carbons (Fsp3) is 0. The van der Waals surface area contributed by atoms with Gasteiger partial charge in [-0.2, -0.15) is 0 Å². The van der Waals surface area contributed by atoms with Gasteiger partial charge in [0.1, 0.15) is 0 Å². The number of hydrogen-bond donors (Lipinski definition) is 0. The zero-order valence-corrected chi connectivity index (χ0v) is 11.2. The van der Waals surface area contributed by atoms with Crippen LogP contribution < -0.4 is 0 Å². The normalized spacial score (nSPS) is 11.1. The van der Waals surface area contributed by atoms with E-state index in [-0.39, 0.29) is 0 Å². The number of imidazole rings is 1. The quantitative estimate of drug-likeness (QED) is 0.647. The Hall–Kier alpha value is -0.840. The third-order valence-corrected chi connectivity index (χ3v) is 4.25.